The number of rotatable bonds is 9. The minimum absolute atomic E-state index is 0.262. The molecule has 7 nitrogen and oxygen atoms in total. The first-order chi connectivity index (χ1) is 13.8. The number of hydrogen-bond acceptors (Lipinski definition) is 4. The molecule has 0 unspecified atom stereocenters. The zero-order valence-corrected chi connectivity index (χ0v) is 17.7. The van der Waals surface area contributed by atoms with E-state index in [1.165, 1.54) is 0 Å². The topological polar surface area (TPSA) is 95.6 Å². The molecular formula is C21H27N3O4S. The zero-order valence-electron chi connectivity index (χ0n) is 16.9. The summed E-state index contributed by atoms with van der Waals surface area (Å²) in [5, 5.41) is 5.52. The summed E-state index contributed by atoms with van der Waals surface area (Å²) < 4.78 is 26.0. The number of amides is 2. The molecule has 8 heteroatoms. The molecule has 2 aromatic rings. The van der Waals surface area contributed by atoms with E-state index in [1.54, 1.807) is 61.5 Å². The van der Waals surface area contributed by atoms with Gasteiger partial charge >= 0.3 is 0 Å². The van der Waals surface area contributed by atoms with Crippen LogP contribution in [-0.2, 0) is 14.8 Å². The molecule has 29 heavy (non-hydrogen) atoms. The van der Waals surface area contributed by atoms with Crippen molar-refractivity contribution in [3.63, 3.8) is 0 Å². The molecule has 0 aliphatic carbocycles. The van der Waals surface area contributed by atoms with Crippen molar-refractivity contribution in [3.8, 4) is 0 Å². The van der Waals surface area contributed by atoms with Crippen LogP contribution in [0.2, 0.25) is 0 Å². The van der Waals surface area contributed by atoms with Gasteiger partial charge in [0.05, 0.1) is 23.2 Å². The van der Waals surface area contributed by atoms with Crippen molar-refractivity contribution in [2.75, 3.05) is 22.4 Å². The molecule has 2 amide bonds. The second-order valence-electron chi connectivity index (χ2n) is 6.61. The lowest BCUT2D eigenvalue weighted by molar-refractivity contribution is -0.117. The highest BCUT2D eigenvalue weighted by Crippen LogP contribution is 2.23. The SMILES string of the molecule is CCCNC(=O)c1ccccc1NC(=O)[C@@H](CC)N(c1ccccc1)S(C)(=O)=O. The summed E-state index contributed by atoms with van der Waals surface area (Å²) in [5.41, 5.74) is 1.08. The summed E-state index contributed by atoms with van der Waals surface area (Å²) >= 11 is 0. The number of carbonyl (C=O) groups is 2. The van der Waals surface area contributed by atoms with Crippen LogP contribution in [0, 0.1) is 0 Å². The number of carbonyl (C=O) groups excluding carboxylic acids is 2. The third-order valence-corrected chi connectivity index (χ3v) is 5.49. The number of sulfonamides is 1. The second-order valence-corrected chi connectivity index (χ2v) is 8.47. The third kappa shape index (κ3) is 5.80. The fourth-order valence-corrected chi connectivity index (χ4v) is 4.19. The summed E-state index contributed by atoms with van der Waals surface area (Å²) in [7, 11) is -3.71. The number of benzene rings is 2. The molecule has 2 rings (SSSR count). The Kier molecular flexibility index (Phi) is 7.78. The van der Waals surface area contributed by atoms with Gasteiger partial charge in [0.2, 0.25) is 15.9 Å². The van der Waals surface area contributed by atoms with Gasteiger partial charge in [-0.05, 0) is 37.1 Å². The predicted molar refractivity (Wildman–Crippen MR) is 116 cm³/mol. The molecule has 156 valence electrons. The van der Waals surface area contributed by atoms with Crippen molar-refractivity contribution >= 4 is 33.2 Å². The van der Waals surface area contributed by atoms with Gasteiger partial charge in [-0.3, -0.25) is 13.9 Å². The van der Waals surface area contributed by atoms with E-state index < -0.39 is 22.0 Å². The molecule has 0 saturated heterocycles. The Morgan fingerprint density at radius 1 is 1.00 bits per heavy atom. The highest BCUT2D eigenvalue weighted by molar-refractivity contribution is 7.92. The van der Waals surface area contributed by atoms with E-state index >= 15 is 0 Å². The van der Waals surface area contributed by atoms with E-state index in [1.807, 2.05) is 6.92 Å². The van der Waals surface area contributed by atoms with Gasteiger partial charge in [0, 0.05) is 6.54 Å². The minimum Gasteiger partial charge on any atom is -0.352 e. The second kappa shape index (κ2) is 10.1. The summed E-state index contributed by atoms with van der Waals surface area (Å²) in [4.78, 5) is 25.4. The summed E-state index contributed by atoms with van der Waals surface area (Å²) in [5.74, 6) is -0.795. The largest absolute Gasteiger partial charge is 0.352 e. The summed E-state index contributed by atoms with van der Waals surface area (Å²) in [6.45, 7) is 4.21. The standard InChI is InChI=1S/C21H27N3O4S/c1-4-15-22-20(25)17-13-9-10-14-18(17)23-21(26)19(5-2)24(29(3,27)28)16-11-7-6-8-12-16/h6-14,19H,4-5,15H2,1-3H3,(H,22,25)(H,23,26)/t19-/m1/s1. The summed E-state index contributed by atoms with van der Waals surface area (Å²) in [6.07, 6.45) is 2.12. The Morgan fingerprint density at radius 2 is 1.62 bits per heavy atom. The van der Waals surface area contributed by atoms with Gasteiger partial charge in [-0.15, -0.1) is 0 Å². The lowest BCUT2D eigenvalue weighted by Crippen LogP contribution is -2.47. The molecule has 0 fully saturated rings. The normalized spacial score (nSPS) is 12.1. The molecule has 1 atom stereocenters. The third-order valence-electron chi connectivity index (χ3n) is 4.31. The monoisotopic (exact) mass is 417 g/mol. The Bertz CT molecular complexity index is 945. The lowest BCUT2D eigenvalue weighted by Gasteiger charge is -2.30. The van der Waals surface area contributed by atoms with Crippen LogP contribution >= 0.6 is 0 Å². The maximum absolute atomic E-state index is 13.0. The van der Waals surface area contributed by atoms with Crippen LogP contribution in [0.1, 0.15) is 37.0 Å². The number of para-hydroxylation sites is 2. The molecule has 0 heterocycles. The van der Waals surface area contributed by atoms with Crippen LogP contribution in [-0.4, -0.2) is 39.1 Å². The quantitative estimate of drug-likeness (QED) is 0.656. The molecule has 0 aromatic heterocycles. The Morgan fingerprint density at radius 3 is 2.21 bits per heavy atom. The molecule has 2 N–H and O–H groups in total. The van der Waals surface area contributed by atoms with Gasteiger partial charge < -0.3 is 10.6 Å². The molecule has 0 saturated carbocycles. The average Bonchev–Trinajstić information content (AvgIpc) is 2.70. The summed E-state index contributed by atoms with van der Waals surface area (Å²) in [6, 6.07) is 14.2. The Hall–Kier alpha value is -2.87. The molecule has 0 spiro atoms. The van der Waals surface area contributed by atoms with Crippen molar-refractivity contribution in [1.29, 1.82) is 0 Å². The van der Waals surface area contributed by atoms with Crippen LogP contribution < -0.4 is 14.9 Å². The lowest BCUT2D eigenvalue weighted by atomic mass is 10.1. The first-order valence-electron chi connectivity index (χ1n) is 9.52. The van der Waals surface area contributed by atoms with Crippen LogP contribution in [0.5, 0.6) is 0 Å². The van der Waals surface area contributed by atoms with Crippen molar-refractivity contribution < 1.29 is 18.0 Å². The van der Waals surface area contributed by atoms with Gasteiger partial charge in [0.15, 0.2) is 0 Å². The Labute approximate surface area is 172 Å². The number of anilines is 2. The van der Waals surface area contributed by atoms with Crippen molar-refractivity contribution in [2.45, 2.75) is 32.7 Å². The van der Waals surface area contributed by atoms with E-state index in [9.17, 15) is 18.0 Å². The first-order valence-corrected chi connectivity index (χ1v) is 11.4. The van der Waals surface area contributed by atoms with Gasteiger partial charge in [-0.2, -0.15) is 0 Å². The van der Waals surface area contributed by atoms with Crippen molar-refractivity contribution in [2.24, 2.45) is 0 Å². The van der Waals surface area contributed by atoms with Crippen molar-refractivity contribution in [3.05, 3.63) is 60.2 Å². The van der Waals surface area contributed by atoms with Gasteiger partial charge in [0.25, 0.3) is 5.91 Å². The molecule has 0 radical (unpaired) electrons. The zero-order chi connectivity index (χ0) is 21.4. The predicted octanol–water partition coefficient (Wildman–Crippen LogP) is 3.01. The fraction of sp³-hybridized carbons (Fsp3) is 0.333. The van der Waals surface area contributed by atoms with E-state index in [4.69, 9.17) is 0 Å². The Balaban J connectivity index is 2.34. The van der Waals surface area contributed by atoms with Gasteiger partial charge in [0.1, 0.15) is 6.04 Å². The van der Waals surface area contributed by atoms with E-state index in [0.717, 1.165) is 17.0 Å². The van der Waals surface area contributed by atoms with E-state index in [-0.39, 0.29) is 12.3 Å². The smallest absolute Gasteiger partial charge is 0.253 e. The van der Waals surface area contributed by atoms with Crippen LogP contribution in [0.15, 0.2) is 54.6 Å². The molecule has 0 aliphatic rings. The van der Waals surface area contributed by atoms with Gasteiger partial charge in [-0.25, -0.2) is 8.42 Å². The molecule has 2 aromatic carbocycles. The highest BCUT2D eigenvalue weighted by atomic mass is 32.2. The van der Waals surface area contributed by atoms with Crippen LogP contribution in [0.4, 0.5) is 11.4 Å². The average molecular weight is 418 g/mol. The van der Waals surface area contributed by atoms with E-state index in [2.05, 4.69) is 10.6 Å². The van der Waals surface area contributed by atoms with Gasteiger partial charge in [-0.1, -0.05) is 44.2 Å². The highest BCUT2D eigenvalue weighted by Gasteiger charge is 2.31. The first kappa shape index (κ1) is 22.4. The van der Waals surface area contributed by atoms with Crippen LogP contribution in [0.3, 0.4) is 0 Å². The minimum atomic E-state index is -3.71. The molecular weight excluding hydrogens is 390 g/mol. The number of hydrogen-bond donors (Lipinski definition) is 2. The maximum atomic E-state index is 13.0. The fourth-order valence-electron chi connectivity index (χ4n) is 2.98. The maximum Gasteiger partial charge on any atom is 0.253 e. The molecule has 0 bridgehead atoms. The van der Waals surface area contributed by atoms with Crippen LogP contribution in [0.25, 0.3) is 0 Å². The molecule has 0 aliphatic heterocycles. The number of nitrogens with zero attached hydrogens (tertiary/aromatic N) is 1. The van der Waals surface area contributed by atoms with Crippen molar-refractivity contribution in [1.82, 2.24) is 5.32 Å². The number of nitrogens with one attached hydrogen (secondary N) is 2. The van der Waals surface area contributed by atoms with E-state index in [0.29, 0.717) is 23.5 Å².